The lowest BCUT2D eigenvalue weighted by atomic mass is 9.51. The van der Waals surface area contributed by atoms with E-state index in [0.29, 0.717) is 6.42 Å². The van der Waals surface area contributed by atoms with E-state index in [9.17, 15) is 10.5 Å². The third kappa shape index (κ3) is 2.53. The molecule has 2 aliphatic carbocycles. The van der Waals surface area contributed by atoms with Crippen LogP contribution in [0.2, 0.25) is 0 Å². The third-order valence-electron chi connectivity index (χ3n) is 6.46. The largest absolute Gasteiger partial charge is 0.196 e. The first kappa shape index (κ1) is 18.2. The summed E-state index contributed by atoms with van der Waals surface area (Å²) >= 11 is 0. The van der Waals surface area contributed by atoms with Crippen molar-refractivity contribution in [2.45, 2.75) is 46.0 Å². The molecule has 2 heteroatoms. The van der Waals surface area contributed by atoms with E-state index in [1.54, 1.807) is 0 Å². The Morgan fingerprint density at radius 3 is 2.42 bits per heavy atom. The second-order valence-electron chi connectivity index (χ2n) is 8.03. The molecule has 0 bridgehead atoms. The van der Waals surface area contributed by atoms with Crippen molar-refractivity contribution in [2.24, 2.45) is 16.7 Å². The van der Waals surface area contributed by atoms with Crippen LogP contribution in [-0.2, 0) is 0 Å². The molecule has 0 saturated heterocycles. The number of rotatable bonds is 2. The Hall–Kier alpha value is -2.58. The molecule has 0 amide bonds. The molecule has 1 aromatic rings. The Morgan fingerprint density at radius 2 is 1.85 bits per heavy atom. The minimum absolute atomic E-state index is 0.124. The monoisotopic (exact) mass is 342 g/mol. The van der Waals surface area contributed by atoms with Gasteiger partial charge in [-0.1, -0.05) is 67.1 Å². The van der Waals surface area contributed by atoms with Gasteiger partial charge in [0.2, 0.25) is 0 Å². The van der Waals surface area contributed by atoms with Gasteiger partial charge in [0.15, 0.2) is 5.41 Å². The lowest BCUT2D eigenvalue weighted by Gasteiger charge is -2.51. The van der Waals surface area contributed by atoms with E-state index >= 15 is 0 Å². The van der Waals surface area contributed by atoms with E-state index in [1.807, 2.05) is 12.1 Å². The summed E-state index contributed by atoms with van der Waals surface area (Å²) in [7, 11) is 0. The molecule has 0 fully saturated rings. The summed E-state index contributed by atoms with van der Waals surface area (Å²) in [6.07, 6.45) is 6.67. The number of fused-ring (bicyclic) bond motifs is 1. The lowest BCUT2D eigenvalue weighted by molar-refractivity contribution is 0.191. The van der Waals surface area contributed by atoms with Crippen LogP contribution in [0.4, 0.5) is 0 Å². The second kappa shape index (κ2) is 6.62. The summed E-state index contributed by atoms with van der Waals surface area (Å²) in [6, 6.07) is 15.3. The number of benzene rings is 1. The fourth-order valence-electron chi connectivity index (χ4n) is 5.40. The SMILES string of the molecule is C=C(C)C1CCC(C)=C2C(C#N)(C#N)CC=CC(c3ccccc3)C21C. The number of hydrogen-bond donors (Lipinski definition) is 0. The van der Waals surface area contributed by atoms with Crippen LogP contribution in [0.3, 0.4) is 0 Å². The highest BCUT2D eigenvalue weighted by Crippen LogP contribution is 2.62. The summed E-state index contributed by atoms with van der Waals surface area (Å²) in [4.78, 5) is 0. The van der Waals surface area contributed by atoms with Crippen LogP contribution < -0.4 is 0 Å². The van der Waals surface area contributed by atoms with Crippen LogP contribution in [0.15, 0.2) is 65.8 Å². The summed E-state index contributed by atoms with van der Waals surface area (Å²) < 4.78 is 0. The number of allylic oxidation sites excluding steroid dienone is 5. The molecule has 2 aliphatic rings. The molecular formula is C24H26N2. The standard InChI is InChI=1S/C24H26N2/c1-17(2)20-13-12-18(3)22-23(20,4)21(19-9-6-5-7-10-19)11-8-14-24(22,15-25)16-26/h5-11,20-21H,1,12-14H2,2-4H3. The summed E-state index contributed by atoms with van der Waals surface area (Å²) in [5.41, 5.74) is 3.20. The summed E-state index contributed by atoms with van der Waals surface area (Å²) in [5, 5.41) is 20.1. The van der Waals surface area contributed by atoms with Gasteiger partial charge in [0, 0.05) is 17.8 Å². The van der Waals surface area contributed by atoms with Crippen LogP contribution >= 0.6 is 0 Å². The zero-order valence-electron chi connectivity index (χ0n) is 15.9. The van der Waals surface area contributed by atoms with Gasteiger partial charge < -0.3 is 0 Å². The zero-order chi connectivity index (χ0) is 18.9. The maximum Gasteiger partial charge on any atom is 0.168 e. The Bertz CT molecular complexity index is 846. The van der Waals surface area contributed by atoms with Gasteiger partial charge in [0.25, 0.3) is 0 Å². The fraction of sp³-hybridized carbons (Fsp3) is 0.417. The van der Waals surface area contributed by atoms with Gasteiger partial charge in [-0.3, -0.25) is 0 Å². The van der Waals surface area contributed by atoms with Gasteiger partial charge in [0.05, 0.1) is 12.1 Å². The molecule has 0 heterocycles. The topological polar surface area (TPSA) is 47.6 Å². The molecule has 3 unspecified atom stereocenters. The maximum absolute atomic E-state index is 10.1. The summed E-state index contributed by atoms with van der Waals surface area (Å²) in [5.74, 6) is 0.370. The third-order valence-corrected chi connectivity index (χ3v) is 6.46. The summed E-state index contributed by atoms with van der Waals surface area (Å²) in [6.45, 7) is 10.7. The smallest absolute Gasteiger partial charge is 0.168 e. The van der Waals surface area contributed by atoms with E-state index in [2.05, 4.69) is 69.8 Å². The molecule has 0 saturated carbocycles. The van der Waals surface area contributed by atoms with Crippen molar-refractivity contribution in [2.75, 3.05) is 0 Å². The van der Waals surface area contributed by atoms with Gasteiger partial charge in [0.1, 0.15) is 0 Å². The average molecular weight is 342 g/mol. The predicted molar refractivity (Wildman–Crippen MR) is 105 cm³/mol. The van der Waals surface area contributed by atoms with E-state index in [0.717, 1.165) is 24.0 Å². The molecule has 1 aromatic carbocycles. The van der Waals surface area contributed by atoms with Gasteiger partial charge in [-0.05, 0) is 43.7 Å². The van der Waals surface area contributed by atoms with Crippen LogP contribution in [0.25, 0.3) is 0 Å². The van der Waals surface area contributed by atoms with E-state index in [1.165, 1.54) is 11.1 Å². The molecule has 26 heavy (non-hydrogen) atoms. The molecule has 0 aliphatic heterocycles. The molecule has 3 atom stereocenters. The van der Waals surface area contributed by atoms with E-state index < -0.39 is 5.41 Å². The van der Waals surface area contributed by atoms with Crippen molar-refractivity contribution < 1.29 is 0 Å². The first-order valence-electron chi connectivity index (χ1n) is 9.31. The molecule has 0 radical (unpaired) electrons. The minimum atomic E-state index is -1.09. The quantitative estimate of drug-likeness (QED) is 0.612. The Kier molecular flexibility index (Phi) is 4.64. The highest BCUT2D eigenvalue weighted by Gasteiger charge is 2.55. The molecule has 0 spiro atoms. The van der Waals surface area contributed by atoms with Crippen molar-refractivity contribution in [1.82, 2.24) is 0 Å². The molecule has 0 N–H and O–H groups in total. The average Bonchev–Trinajstić information content (AvgIpc) is 2.77. The molecule has 132 valence electrons. The van der Waals surface area contributed by atoms with Crippen LogP contribution in [0.5, 0.6) is 0 Å². The first-order valence-corrected chi connectivity index (χ1v) is 9.31. The molecule has 2 nitrogen and oxygen atoms in total. The van der Waals surface area contributed by atoms with Crippen molar-refractivity contribution in [1.29, 1.82) is 10.5 Å². The van der Waals surface area contributed by atoms with Crippen molar-refractivity contribution in [3.8, 4) is 12.1 Å². The number of nitrogens with zero attached hydrogens (tertiary/aromatic N) is 2. The second-order valence-corrected chi connectivity index (χ2v) is 8.03. The fourth-order valence-corrected chi connectivity index (χ4v) is 5.40. The molecule has 3 rings (SSSR count). The Morgan fingerprint density at radius 1 is 1.19 bits per heavy atom. The van der Waals surface area contributed by atoms with E-state index in [-0.39, 0.29) is 17.3 Å². The van der Waals surface area contributed by atoms with Gasteiger partial charge in [-0.15, -0.1) is 0 Å². The van der Waals surface area contributed by atoms with Gasteiger partial charge in [-0.25, -0.2) is 0 Å². The van der Waals surface area contributed by atoms with Crippen LogP contribution in [0, 0.1) is 39.4 Å². The highest BCUT2D eigenvalue weighted by molar-refractivity contribution is 5.49. The maximum atomic E-state index is 10.1. The van der Waals surface area contributed by atoms with Crippen LogP contribution in [0.1, 0.15) is 51.5 Å². The minimum Gasteiger partial charge on any atom is -0.196 e. The first-order chi connectivity index (χ1) is 12.4. The van der Waals surface area contributed by atoms with Crippen molar-refractivity contribution >= 4 is 0 Å². The number of hydrogen-bond acceptors (Lipinski definition) is 2. The van der Waals surface area contributed by atoms with Crippen molar-refractivity contribution in [3.63, 3.8) is 0 Å². The predicted octanol–water partition coefficient (Wildman–Crippen LogP) is 6.07. The number of nitriles is 2. The molecule has 0 aromatic heterocycles. The molecular weight excluding hydrogens is 316 g/mol. The zero-order valence-corrected chi connectivity index (χ0v) is 15.9. The highest BCUT2D eigenvalue weighted by atomic mass is 14.6. The van der Waals surface area contributed by atoms with E-state index in [4.69, 9.17) is 0 Å². The van der Waals surface area contributed by atoms with Gasteiger partial charge >= 0.3 is 0 Å². The normalized spacial score (nSPS) is 29.9. The van der Waals surface area contributed by atoms with Crippen LogP contribution in [-0.4, -0.2) is 0 Å². The van der Waals surface area contributed by atoms with Gasteiger partial charge in [-0.2, -0.15) is 10.5 Å². The lowest BCUT2D eigenvalue weighted by Crippen LogP contribution is -2.43. The Balaban J connectivity index is 2.35. The Labute approximate surface area is 157 Å². The van der Waals surface area contributed by atoms with Crippen molar-refractivity contribution in [3.05, 3.63) is 71.3 Å².